The summed E-state index contributed by atoms with van der Waals surface area (Å²) < 4.78 is 17.1. The maximum absolute atomic E-state index is 13.2. The first-order valence-electron chi connectivity index (χ1n) is 9.86. The molecule has 29 heavy (non-hydrogen) atoms. The molecule has 0 radical (unpaired) electrons. The molecule has 2 unspecified atom stereocenters. The molecule has 0 aliphatic carbocycles. The van der Waals surface area contributed by atoms with Crippen LogP contribution in [0.4, 0.5) is 0 Å². The monoisotopic (exact) mass is 396 g/mol. The van der Waals surface area contributed by atoms with Crippen LogP contribution in [0.2, 0.25) is 0 Å². The number of rotatable bonds is 4. The second kappa shape index (κ2) is 7.89. The highest BCUT2D eigenvalue weighted by molar-refractivity contribution is 5.86. The Hall–Kier alpha value is -2.83. The van der Waals surface area contributed by atoms with Gasteiger partial charge in [-0.1, -0.05) is 18.2 Å². The average Bonchev–Trinajstić information content (AvgIpc) is 2.70. The molecule has 1 aromatic heterocycles. The summed E-state index contributed by atoms with van der Waals surface area (Å²) in [5, 5.41) is 11.0. The Kier molecular flexibility index (Phi) is 5.30. The molecule has 6 nitrogen and oxygen atoms in total. The van der Waals surface area contributed by atoms with Crippen molar-refractivity contribution in [2.75, 3.05) is 20.2 Å². The number of hydrogen-bond acceptors (Lipinski definition) is 5. The lowest BCUT2D eigenvalue weighted by atomic mass is 10.0. The topological polar surface area (TPSA) is 73.3 Å². The van der Waals surface area contributed by atoms with Gasteiger partial charge in [0.2, 0.25) is 5.43 Å². The lowest BCUT2D eigenvalue weighted by molar-refractivity contribution is -0.928. The molecule has 152 valence electrons. The lowest BCUT2D eigenvalue weighted by Gasteiger charge is -2.32. The van der Waals surface area contributed by atoms with Crippen LogP contribution in [0.15, 0.2) is 51.9 Å². The number of nitrogens with one attached hydrogen (secondary N) is 1. The van der Waals surface area contributed by atoms with Crippen molar-refractivity contribution >= 4 is 11.0 Å². The van der Waals surface area contributed by atoms with Crippen molar-refractivity contribution in [1.82, 2.24) is 0 Å². The number of quaternary nitrogens is 1. The highest BCUT2D eigenvalue weighted by atomic mass is 16.5. The standard InChI is InChI=1S/C23H25NO5/c1-14-10-24(11-15(2)29-14)12-18-20(25)9-8-17-22(26)19(13-28-23(17)18)16-6-4-5-7-21(16)27-3/h4-9,13-15,25H,10-12H2,1-3H3/p+1. The van der Waals surface area contributed by atoms with Crippen LogP contribution in [-0.2, 0) is 11.3 Å². The van der Waals surface area contributed by atoms with Crippen LogP contribution in [0.1, 0.15) is 19.4 Å². The van der Waals surface area contributed by atoms with Crippen molar-refractivity contribution in [2.45, 2.75) is 32.6 Å². The van der Waals surface area contributed by atoms with Gasteiger partial charge in [-0.25, -0.2) is 0 Å². The number of phenolic OH excluding ortho intramolecular Hbond substituents is 1. The average molecular weight is 396 g/mol. The number of para-hydroxylation sites is 1. The number of fused-ring (bicyclic) bond motifs is 1. The molecular weight excluding hydrogens is 370 g/mol. The Morgan fingerprint density at radius 3 is 2.55 bits per heavy atom. The van der Waals surface area contributed by atoms with Crippen molar-refractivity contribution in [3.05, 3.63) is 58.4 Å². The van der Waals surface area contributed by atoms with Crippen LogP contribution in [0, 0.1) is 0 Å². The fourth-order valence-electron chi connectivity index (χ4n) is 4.25. The highest BCUT2D eigenvalue weighted by Gasteiger charge is 2.28. The minimum absolute atomic E-state index is 0.143. The summed E-state index contributed by atoms with van der Waals surface area (Å²) in [6.07, 6.45) is 1.76. The highest BCUT2D eigenvalue weighted by Crippen LogP contribution is 2.31. The van der Waals surface area contributed by atoms with Crippen LogP contribution in [0.3, 0.4) is 0 Å². The van der Waals surface area contributed by atoms with Gasteiger partial charge >= 0.3 is 0 Å². The molecule has 1 fully saturated rings. The fraction of sp³-hybridized carbons (Fsp3) is 0.348. The summed E-state index contributed by atoms with van der Waals surface area (Å²) >= 11 is 0. The van der Waals surface area contributed by atoms with Crippen LogP contribution in [0.25, 0.3) is 22.1 Å². The maximum atomic E-state index is 13.2. The predicted molar refractivity (Wildman–Crippen MR) is 111 cm³/mol. The van der Waals surface area contributed by atoms with E-state index in [0.717, 1.165) is 13.1 Å². The van der Waals surface area contributed by atoms with Gasteiger partial charge in [0.25, 0.3) is 0 Å². The minimum atomic E-state index is -0.143. The van der Waals surface area contributed by atoms with Crippen molar-refractivity contribution in [3.8, 4) is 22.6 Å². The van der Waals surface area contributed by atoms with Crippen molar-refractivity contribution in [1.29, 1.82) is 0 Å². The molecule has 0 bridgehead atoms. The van der Waals surface area contributed by atoms with Gasteiger partial charge in [0, 0.05) is 5.56 Å². The molecule has 2 heterocycles. The molecule has 2 aromatic carbocycles. The molecule has 4 rings (SSSR count). The zero-order valence-corrected chi connectivity index (χ0v) is 16.9. The van der Waals surface area contributed by atoms with Crippen LogP contribution in [0.5, 0.6) is 11.5 Å². The number of methoxy groups -OCH3 is 1. The molecular formula is C23H26NO5+. The summed E-state index contributed by atoms with van der Waals surface area (Å²) in [7, 11) is 1.57. The van der Waals surface area contributed by atoms with Crippen LogP contribution in [-0.4, -0.2) is 37.5 Å². The van der Waals surface area contributed by atoms with Gasteiger partial charge in [0.05, 0.1) is 23.6 Å². The van der Waals surface area contributed by atoms with E-state index in [1.54, 1.807) is 19.2 Å². The number of aromatic hydroxyl groups is 1. The third kappa shape index (κ3) is 3.73. The molecule has 0 amide bonds. The molecule has 2 N–H and O–H groups in total. The Bertz CT molecular complexity index is 1080. The Balaban J connectivity index is 1.79. The van der Waals surface area contributed by atoms with E-state index < -0.39 is 0 Å². The van der Waals surface area contributed by atoms with Gasteiger partial charge in [0.15, 0.2) is 0 Å². The summed E-state index contributed by atoms with van der Waals surface area (Å²) in [6.45, 7) is 6.35. The van der Waals surface area contributed by atoms with Gasteiger partial charge in [0.1, 0.15) is 55.2 Å². The summed E-state index contributed by atoms with van der Waals surface area (Å²) in [5.74, 6) is 0.754. The fourth-order valence-corrected chi connectivity index (χ4v) is 4.25. The number of hydrogen-bond donors (Lipinski definition) is 2. The van der Waals surface area contributed by atoms with Crippen molar-refractivity contribution < 1.29 is 23.9 Å². The largest absolute Gasteiger partial charge is 0.507 e. The van der Waals surface area contributed by atoms with Gasteiger partial charge in [-0.05, 0) is 32.0 Å². The molecule has 0 saturated carbocycles. The normalized spacial score (nSPS) is 22.0. The summed E-state index contributed by atoms with van der Waals surface area (Å²) in [6, 6.07) is 10.6. The Labute approximate surface area is 169 Å². The number of phenols is 1. The van der Waals surface area contributed by atoms with E-state index in [1.807, 2.05) is 24.3 Å². The maximum Gasteiger partial charge on any atom is 0.200 e. The zero-order chi connectivity index (χ0) is 20.5. The number of benzene rings is 2. The molecule has 3 aromatic rings. The van der Waals surface area contributed by atoms with E-state index in [0.29, 0.717) is 40.0 Å². The van der Waals surface area contributed by atoms with Crippen LogP contribution < -0.4 is 15.1 Å². The number of ether oxygens (including phenoxy) is 2. The third-order valence-electron chi connectivity index (χ3n) is 5.46. The second-order valence-electron chi connectivity index (χ2n) is 7.71. The number of morpholine rings is 1. The van der Waals surface area contributed by atoms with E-state index in [1.165, 1.54) is 11.2 Å². The van der Waals surface area contributed by atoms with E-state index in [-0.39, 0.29) is 23.4 Å². The first kappa shape index (κ1) is 19.5. The molecule has 0 spiro atoms. The summed E-state index contributed by atoms with van der Waals surface area (Å²) in [4.78, 5) is 14.5. The van der Waals surface area contributed by atoms with Gasteiger partial charge in [-0.15, -0.1) is 0 Å². The molecule has 6 heteroatoms. The SMILES string of the molecule is COc1ccccc1-c1coc2c(C[NH+]3CC(C)OC(C)C3)c(O)ccc2c1=O. The van der Waals surface area contributed by atoms with E-state index in [2.05, 4.69) is 13.8 Å². The van der Waals surface area contributed by atoms with Gasteiger partial charge in [-0.2, -0.15) is 0 Å². The smallest absolute Gasteiger partial charge is 0.200 e. The van der Waals surface area contributed by atoms with E-state index in [4.69, 9.17) is 13.9 Å². The van der Waals surface area contributed by atoms with E-state index >= 15 is 0 Å². The van der Waals surface area contributed by atoms with Crippen molar-refractivity contribution in [3.63, 3.8) is 0 Å². The second-order valence-corrected chi connectivity index (χ2v) is 7.71. The van der Waals surface area contributed by atoms with E-state index in [9.17, 15) is 9.90 Å². The minimum Gasteiger partial charge on any atom is -0.507 e. The Morgan fingerprint density at radius 1 is 1.10 bits per heavy atom. The quantitative estimate of drug-likeness (QED) is 0.708. The first-order chi connectivity index (χ1) is 14.0. The van der Waals surface area contributed by atoms with Gasteiger partial charge < -0.3 is 23.9 Å². The Morgan fingerprint density at radius 2 is 1.83 bits per heavy atom. The van der Waals surface area contributed by atoms with Crippen molar-refractivity contribution in [2.24, 2.45) is 0 Å². The lowest BCUT2D eigenvalue weighted by Crippen LogP contribution is -3.14. The first-order valence-corrected chi connectivity index (χ1v) is 9.86. The van der Waals surface area contributed by atoms with Gasteiger partial charge in [-0.3, -0.25) is 4.79 Å². The molecule has 1 aliphatic rings. The third-order valence-corrected chi connectivity index (χ3v) is 5.46. The molecule has 1 saturated heterocycles. The summed E-state index contributed by atoms with van der Waals surface area (Å²) in [5.41, 5.74) is 2.07. The zero-order valence-electron chi connectivity index (χ0n) is 16.9. The predicted octanol–water partition coefficient (Wildman–Crippen LogP) is 2.37. The molecule has 1 aliphatic heterocycles. The van der Waals surface area contributed by atoms with Crippen LogP contribution >= 0.6 is 0 Å². The molecule has 2 atom stereocenters.